The van der Waals surface area contributed by atoms with Gasteiger partial charge >= 0.3 is 0 Å². The lowest BCUT2D eigenvalue weighted by Crippen LogP contribution is -2.48. The lowest BCUT2D eigenvalue weighted by molar-refractivity contribution is 0.0746. The first-order valence-electron chi connectivity index (χ1n) is 7.50. The van der Waals surface area contributed by atoms with Crippen molar-refractivity contribution >= 4 is 27.5 Å². The van der Waals surface area contributed by atoms with Gasteiger partial charge in [0.1, 0.15) is 0 Å². The molecule has 0 radical (unpaired) electrons. The largest absolute Gasteiger partial charge is 0.368 e. The quantitative estimate of drug-likeness (QED) is 0.816. The standard InChI is InChI=1S/C18H19BrN2O/c1-14-6-8-15(9-7-14)20-10-12-21(13-11-20)18(22)16-4-2-3-5-17(16)19/h2-9H,10-13H2,1H3. The number of hydrogen-bond donors (Lipinski definition) is 0. The van der Waals surface area contributed by atoms with Crippen LogP contribution in [0.4, 0.5) is 5.69 Å². The molecule has 0 atom stereocenters. The van der Waals surface area contributed by atoms with Crippen molar-refractivity contribution in [2.45, 2.75) is 6.92 Å². The van der Waals surface area contributed by atoms with Gasteiger partial charge in [-0.25, -0.2) is 0 Å². The van der Waals surface area contributed by atoms with Crippen molar-refractivity contribution in [1.29, 1.82) is 0 Å². The van der Waals surface area contributed by atoms with Crippen molar-refractivity contribution < 1.29 is 4.79 Å². The van der Waals surface area contributed by atoms with Crippen LogP contribution >= 0.6 is 15.9 Å². The van der Waals surface area contributed by atoms with Crippen molar-refractivity contribution in [3.05, 3.63) is 64.1 Å². The molecule has 114 valence electrons. The monoisotopic (exact) mass is 358 g/mol. The SMILES string of the molecule is Cc1ccc(N2CCN(C(=O)c3ccccc3Br)CC2)cc1. The van der Waals surface area contributed by atoms with Gasteiger partial charge in [0.25, 0.3) is 5.91 Å². The average molecular weight is 359 g/mol. The summed E-state index contributed by atoms with van der Waals surface area (Å²) in [5.74, 6) is 0.107. The van der Waals surface area contributed by atoms with Gasteiger partial charge in [-0.1, -0.05) is 29.8 Å². The molecule has 2 aromatic rings. The summed E-state index contributed by atoms with van der Waals surface area (Å²) in [5, 5.41) is 0. The van der Waals surface area contributed by atoms with Crippen molar-refractivity contribution in [3.8, 4) is 0 Å². The number of carbonyl (C=O) groups is 1. The average Bonchev–Trinajstić information content (AvgIpc) is 2.56. The van der Waals surface area contributed by atoms with Crippen molar-refractivity contribution in [3.63, 3.8) is 0 Å². The summed E-state index contributed by atoms with van der Waals surface area (Å²) in [7, 11) is 0. The molecule has 1 aliphatic heterocycles. The molecule has 0 spiro atoms. The van der Waals surface area contributed by atoms with E-state index in [1.165, 1.54) is 11.3 Å². The second kappa shape index (κ2) is 6.53. The molecule has 3 nitrogen and oxygen atoms in total. The van der Waals surface area contributed by atoms with Crippen LogP contribution in [-0.2, 0) is 0 Å². The van der Waals surface area contributed by atoms with Crippen LogP contribution in [0, 0.1) is 6.92 Å². The van der Waals surface area contributed by atoms with Crippen LogP contribution in [0.3, 0.4) is 0 Å². The maximum absolute atomic E-state index is 12.6. The zero-order valence-electron chi connectivity index (χ0n) is 12.6. The number of nitrogens with zero attached hydrogens (tertiary/aromatic N) is 2. The summed E-state index contributed by atoms with van der Waals surface area (Å²) < 4.78 is 0.862. The van der Waals surface area contributed by atoms with Gasteiger partial charge in [0.15, 0.2) is 0 Å². The Morgan fingerprint density at radius 2 is 1.59 bits per heavy atom. The molecule has 3 rings (SSSR count). The molecule has 1 fully saturated rings. The Hall–Kier alpha value is -1.81. The molecule has 2 aromatic carbocycles. The van der Waals surface area contributed by atoms with Gasteiger partial charge in [-0.2, -0.15) is 0 Å². The number of piperazine rings is 1. The van der Waals surface area contributed by atoms with Crippen LogP contribution in [0.2, 0.25) is 0 Å². The zero-order valence-corrected chi connectivity index (χ0v) is 14.2. The van der Waals surface area contributed by atoms with E-state index in [0.717, 1.165) is 36.2 Å². The van der Waals surface area contributed by atoms with Gasteiger partial charge in [0, 0.05) is 36.3 Å². The van der Waals surface area contributed by atoms with Crippen LogP contribution in [0.1, 0.15) is 15.9 Å². The predicted octanol–water partition coefficient (Wildman–Crippen LogP) is 3.72. The predicted molar refractivity (Wildman–Crippen MR) is 93.4 cm³/mol. The van der Waals surface area contributed by atoms with E-state index in [1.54, 1.807) is 0 Å². The smallest absolute Gasteiger partial charge is 0.255 e. The molecular weight excluding hydrogens is 340 g/mol. The van der Waals surface area contributed by atoms with Crippen LogP contribution in [0.15, 0.2) is 53.0 Å². The van der Waals surface area contributed by atoms with E-state index in [-0.39, 0.29) is 5.91 Å². The maximum Gasteiger partial charge on any atom is 0.255 e. The minimum Gasteiger partial charge on any atom is -0.368 e. The number of hydrogen-bond acceptors (Lipinski definition) is 2. The summed E-state index contributed by atoms with van der Waals surface area (Å²) in [5.41, 5.74) is 3.25. The van der Waals surface area contributed by atoms with Crippen LogP contribution in [0.25, 0.3) is 0 Å². The fourth-order valence-corrected chi connectivity index (χ4v) is 3.18. The lowest BCUT2D eigenvalue weighted by Gasteiger charge is -2.36. The van der Waals surface area contributed by atoms with Gasteiger partial charge in [0.2, 0.25) is 0 Å². The van der Waals surface area contributed by atoms with E-state index in [4.69, 9.17) is 0 Å². The van der Waals surface area contributed by atoms with Gasteiger partial charge in [-0.05, 0) is 47.1 Å². The van der Waals surface area contributed by atoms with Gasteiger partial charge in [-0.15, -0.1) is 0 Å². The third-order valence-corrected chi connectivity index (χ3v) is 4.76. The van der Waals surface area contributed by atoms with E-state index in [1.807, 2.05) is 29.2 Å². The minimum atomic E-state index is 0.107. The third kappa shape index (κ3) is 3.17. The van der Waals surface area contributed by atoms with Crippen molar-refractivity contribution in [1.82, 2.24) is 4.90 Å². The summed E-state index contributed by atoms with van der Waals surface area (Å²) in [6, 6.07) is 16.2. The summed E-state index contributed by atoms with van der Waals surface area (Å²) in [6.45, 7) is 5.36. The second-order valence-electron chi connectivity index (χ2n) is 5.59. The Morgan fingerprint density at radius 1 is 0.955 bits per heavy atom. The highest BCUT2D eigenvalue weighted by molar-refractivity contribution is 9.10. The van der Waals surface area contributed by atoms with Crippen LogP contribution < -0.4 is 4.90 Å². The second-order valence-corrected chi connectivity index (χ2v) is 6.45. The molecule has 0 N–H and O–H groups in total. The molecular formula is C18H19BrN2O. The van der Waals surface area contributed by atoms with E-state index in [0.29, 0.717) is 0 Å². The molecule has 1 aliphatic rings. The molecule has 0 aliphatic carbocycles. The first-order valence-corrected chi connectivity index (χ1v) is 8.30. The molecule has 22 heavy (non-hydrogen) atoms. The van der Waals surface area contributed by atoms with Crippen LogP contribution in [-0.4, -0.2) is 37.0 Å². The fourth-order valence-electron chi connectivity index (χ4n) is 2.73. The number of amides is 1. The molecule has 0 saturated carbocycles. The summed E-state index contributed by atoms with van der Waals surface area (Å²) in [4.78, 5) is 16.9. The number of halogens is 1. The Balaban J connectivity index is 1.65. The maximum atomic E-state index is 12.6. The molecule has 1 saturated heterocycles. The molecule has 0 bridgehead atoms. The normalized spacial score (nSPS) is 15.0. The lowest BCUT2D eigenvalue weighted by atomic mass is 10.1. The topological polar surface area (TPSA) is 23.6 Å². The van der Waals surface area contributed by atoms with Crippen LogP contribution in [0.5, 0.6) is 0 Å². The van der Waals surface area contributed by atoms with E-state index in [9.17, 15) is 4.79 Å². The number of aryl methyl sites for hydroxylation is 1. The highest BCUT2D eigenvalue weighted by Gasteiger charge is 2.23. The summed E-state index contributed by atoms with van der Waals surface area (Å²) >= 11 is 3.46. The van der Waals surface area contributed by atoms with E-state index >= 15 is 0 Å². The highest BCUT2D eigenvalue weighted by Crippen LogP contribution is 2.21. The fraction of sp³-hybridized carbons (Fsp3) is 0.278. The summed E-state index contributed by atoms with van der Waals surface area (Å²) in [6.07, 6.45) is 0. The Morgan fingerprint density at radius 3 is 2.23 bits per heavy atom. The Kier molecular flexibility index (Phi) is 4.48. The Labute approximate surface area is 139 Å². The molecule has 4 heteroatoms. The zero-order chi connectivity index (χ0) is 15.5. The third-order valence-electron chi connectivity index (χ3n) is 4.07. The number of benzene rings is 2. The molecule has 1 heterocycles. The van der Waals surface area contributed by atoms with Gasteiger partial charge in [-0.3, -0.25) is 4.79 Å². The van der Waals surface area contributed by atoms with Gasteiger partial charge < -0.3 is 9.80 Å². The first-order chi connectivity index (χ1) is 10.6. The number of carbonyl (C=O) groups excluding carboxylic acids is 1. The molecule has 1 amide bonds. The molecule has 0 unspecified atom stereocenters. The van der Waals surface area contributed by atoms with E-state index in [2.05, 4.69) is 52.0 Å². The number of anilines is 1. The molecule has 0 aromatic heterocycles. The van der Waals surface area contributed by atoms with Crippen molar-refractivity contribution in [2.75, 3.05) is 31.1 Å². The minimum absolute atomic E-state index is 0.107. The van der Waals surface area contributed by atoms with E-state index < -0.39 is 0 Å². The first kappa shape index (κ1) is 15.1. The number of rotatable bonds is 2. The van der Waals surface area contributed by atoms with Crippen molar-refractivity contribution in [2.24, 2.45) is 0 Å². The Bertz CT molecular complexity index is 661. The highest BCUT2D eigenvalue weighted by atomic mass is 79.9. The van der Waals surface area contributed by atoms with Gasteiger partial charge in [0.05, 0.1) is 5.56 Å².